The molecule has 1 amide bonds. The normalized spacial score (nSPS) is 28.2. The van der Waals surface area contributed by atoms with Crippen molar-refractivity contribution in [3.05, 3.63) is 0 Å². The van der Waals surface area contributed by atoms with Gasteiger partial charge in [0.05, 0.1) is 0 Å². The number of piperidine rings is 1. The number of hydrogen-bond acceptors (Lipinski definition) is 3. The fourth-order valence-corrected chi connectivity index (χ4v) is 1.50. The van der Waals surface area contributed by atoms with Crippen molar-refractivity contribution in [3.63, 3.8) is 0 Å². The first kappa shape index (κ1) is 8.81. The molecule has 1 saturated carbocycles. The zero-order chi connectivity index (χ0) is 9.10. The molecule has 13 heavy (non-hydrogen) atoms. The fourth-order valence-electron chi connectivity index (χ4n) is 1.50. The van der Waals surface area contributed by atoms with E-state index in [4.69, 9.17) is 4.74 Å². The average molecular weight is 184 g/mol. The van der Waals surface area contributed by atoms with Gasteiger partial charge in [-0.15, -0.1) is 0 Å². The second kappa shape index (κ2) is 3.96. The quantitative estimate of drug-likeness (QED) is 0.661. The second-order valence-electron chi connectivity index (χ2n) is 3.79. The molecule has 2 N–H and O–H groups in total. The Morgan fingerprint density at radius 2 is 2.23 bits per heavy atom. The monoisotopic (exact) mass is 184 g/mol. The molecule has 2 fully saturated rings. The van der Waals surface area contributed by atoms with Crippen molar-refractivity contribution in [3.8, 4) is 0 Å². The van der Waals surface area contributed by atoms with Crippen molar-refractivity contribution in [2.75, 3.05) is 13.1 Å². The third-order valence-electron chi connectivity index (χ3n) is 2.42. The second-order valence-corrected chi connectivity index (χ2v) is 3.79. The Kier molecular flexibility index (Phi) is 2.68. The van der Waals surface area contributed by atoms with Gasteiger partial charge in [0.1, 0.15) is 6.10 Å². The van der Waals surface area contributed by atoms with E-state index in [0.29, 0.717) is 6.04 Å². The van der Waals surface area contributed by atoms with Crippen LogP contribution in [0.2, 0.25) is 0 Å². The summed E-state index contributed by atoms with van der Waals surface area (Å²) in [5.41, 5.74) is 0. The summed E-state index contributed by atoms with van der Waals surface area (Å²) in [4.78, 5) is 11.2. The smallest absolute Gasteiger partial charge is 0.407 e. The van der Waals surface area contributed by atoms with Crippen LogP contribution >= 0.6 is 0 Å². The van der Waals surface area contributed by atoms with Gasteiger partial charge in [0, 0.05) is 12.6 Å². The van der Waals surface area contributed by atoms with Crippen LogP contribution in [0.3, 0.4) is 0 Å². The van der Waals surface area contributed by atoms with E-state index in [0.717, 1.165) is 38.8 Å². The van der Waals surface area contributed by atoms with Crippen molar-refractivity contribution in [2.24, 2.45) is 0 Å². The lowest BCUT2D eigenvalue weighted by Crippen LogP contribution is -2.39. The number of carbonyl (C=O) groups excluding carboxylic acids is 1. The zero-order valence-electron chi connectivity index (χ0n) is 7.71. The van der Waals surface area contributed by atoms with E-state index in [1.54, 1.807) is 0 Å². The van der Waals surface area contributed by atoms with E-state index < -0.39 is 0 Å². The first-order chi connectivity index (χ1) is 6.34. The SMILES string of the molecule is O=C(NC1CC1)OC1CCCNC1. The van der Waals surface area contributed by atoms with Gasteiger partial charge in [-0.1, -0.05) is 0 Å². The summed E-state index contributed by atoms with van der Waals surface area (Å²) < 4.78 is 5.23. The predicted molar refractivity (Wildman–Crippen MR) is 48.5 cm³/mol. The molecular weight excluding hydrogens is 168 g/mol. The van der Waals surface area contributed by atoms with Crippen LogP contribution in [0.5, 0.6) is 0 Å². The third kappa shape index (κ3) is 2.88. The maximum Gasteiger partial charge on any atom is 0.407 e. The van der Waals surface area contributed by atoms with Crippen molar-refractivity contribution < 1.29 is 9.53 Å². The predicted octanol–water partition coefficient (Wildman–Crippen LogP) is 0.627. The Hall–Kier alpha value is -0.770. The first-order valence-corrected chi connectivity index (χ1v) is 5.02. The molecule has 4 heteroatoms. The highest BCUT2D eigenvalue weighted by molar-refractivity contribution is 5.68. The molecule has 1 unspecified atom stereocenters. The van der Waals surface area contributed by atoms with Gasteiger partial charge in [0.25, 0.3) is 0 Å². The Bertz CT molecular complexity index is 186. The number of hydrogen-bond donors (Lipinski definition) is 2. The number of nitrogens with one attached hydrogen (secondary N) is 2. The molecule has 0 spiro atoms. The van der Waals surface area contributed by atoms with Gasteiger partial charge in [0.2, 0.25) is 0 Å². The van der Waals surface area contributed by atoms with Crippen LogP contribution in [0.15, 0.2) is 0 Å². The standard InChI is InChI=1S/C9H16N2O2/c12-9(11-7-3-4-7)13-8-2-1-5-10-6-8/h7-8,10H,1-6H2,(H,11,12). The summed E-state index contributed by atoms with van der Waals surface area (Å²) >= 11 is 0. The van der Waals surface area contributed by atoms with Crippen LogP contribution in [0.4, 0.5) is 4.79 Å². The number of amides is 1. The minimum absolute atomic E-state index is 0.0764. The molecule has 0 aromatic heterocycles. The average Bonchev–Trinajstić information content (AvgIpc) is 2.90. The topological polar surface area (TPSA) is 50.4 Å². The van der Waals surface area contributed by atoms with Crippen molar-refractivity contribution in [2.45, 2.75) is 37.8 Å². The number of carbonyl (C=O) groups is 1. The van der Waals surface area contributed by atoms with Gasteiger partial charge >= 0.3 is 6.09 Å². The van der Waals surface area contributed by atoms with Gasteiger partial charge in [-0.2, -0.15) is 0 Å². The summed E-state index contributed by atoms with van der Waals surface area (Å²) in [5.74, 6) is 0. The van der Waals surface area contributed by atoms with Crippen molar-refractivity contribution >= 4 is 6.09 Å². The molecule has 1 aliphatic carbocycles. The molecule has 2 rings (SSSR count). The highest BCUT2D eigenvalue weighted by Gasteiger charge is 2.25. The Morgan fingerprint density at radius 1 is 1.38 bits per heavy atom. The lowest BCUT2D eigenvalue weighted by Gasteiger charge is -2.22. The van der Waals surface area contributed by atoms with E-state index in [9.17, 15) is 4.79 Å². The maximum absolute atomic E-state index is 11.2. The van der Waals surface area contributed by atoms with Crippen molar-refractivity contribution in [1.82, 2.24) is 10.6 Å². The first-order valence-electron chi connectivity index (χ1n) is 5.02. The van der Waals surface area contributed by atoms with E-state index >= 15 is 0 Å². The molecule has 1 saturated heterocycles. The Morgan fingerprint density at radius 3 is 2.85 bits per heavy atom. The molecule has 1 aliphatic heterocycles. The molecule has 0 aromatic rings. The van der Waals surface area contributed by atoms with Crippen LogP contribution < -0.4 is 10.6 Å². The number of ether oxygens (including phenoxy) is 1. The fraction of sp³-hybridized carbons (Fsp3) is 0.889. The minimum Gasteiger partial charge on any atom is -0.445 e. The van der Waals surface area contributed by atoms with E-state index in [-0.39, 0.29) is 12.2 Å². The molecule has 4 nitrogen and oxygen atoms in total. The molecule has 0 radical (unpaired) electrons. The molecular formula is C9H16N2O2. The van der Waals surface area contributed by atoms with Crippen LogP contribution in [0.25, 0.3) is 0 Å². The van der Waals surface area contributed by atoms with Gasteiger partial charge in [0.15, 0.2) is 0 Å². The lowest BCUT2D eigenvalue weighted by molar-refractivity contribution is 0.0822. The van der Waals surface area contributed by atoms with Crippen LogP contribution in [-0.4, -0.2) is 31.3 Å². The summed E-state index contributed by atoms with van der Waals surface area (Å²) in [6, 6.07) is 0.393. The van der Waals surface area contributed by atoms with Gasteiger partial charge in [-0.3, -0.25) is 0 Å². The third-order valence-corrected chi connectivity index (χ3v) is 2.42. The summed E-state index contributed by atoms with van der Waals surface area (Å²) in [6.07, 6.45) is 4.14. The molecule has 2 aliphatic rings. The minimum atomic E-state index is -0.240. The molecule has 1 atom stereocenters. The number of rotatable bonds is 2. The van der Waals surface area contributed by atoms with Crippen LogP contribution in [0.1, 0.15) is 25.7 Å². The Balaban J connectivity index is 1.66. The van der Waals surface area contributed by atoms with E-state index in [2.05, 4.69) is 10.6 Å². The van der Waals surface area contributed by atoms with E-state index in [1.165, 1.54) is 0 Å². The Labute approximate surface area is 78.0 Å². The summed E-state index contributed by atoms with van der Waals surface area (Å²) in [6.45, 7) is 1.85. The lowest BCUT2D eigenvalue weighted by atomic mass is 10.1. The van der Waals surface area contributed by atoms with Gasteiger partial charge < -0.3 is 15.4 Å². The van der Waals surface area contributed by atoms with Gasteiger partial charge in [-0.25, -0.2) is 4.79 Å². The zero-order valence-corrected chi connectivity index (χ0v) is 7.71. The highest BCUT2D eigenvalue weighted by atomic mass is 16.6. The van der Waals surface area contributed by atoms with E-state index in [1.807, 2.05) is 0 Å². The van der Waals surface area contributed by atoms with Gasteiger partial charge in [-0.05, 0) is 32.2 Å². The molecule has 74 valence electrons. The highest BCUT2D eigenvalue weighted by Crippen LogP contribution is 2.19. The maximum atomic E-state index is 11.2. The molecule has 1 heterocycles. The molecule has 0 aromatic carbocycles. The largest absolute Gasteiger partial charge is 0.445 e. The van der Waals surface area contributed by atoms with Crippen molar-refractivity contribution in [1.29, 1.82) is 0 Å². The summed E-state index contributed by atoms with van der Waals surface area (Å²) in [5, 5.41) is 6.02. The number of alkyl carbamates (subject to hydrolysis) is 1. The van der Waals surface area contributed by atoms with Crippen LogP contribution in [0, 0.1) is 0 Å². The van der Waals surface area contributed by atoms with Crippen LogP contribution in [-0.2, 0) is 4.74 Å². The summed E-state index contributed by atoms with van der Waals surface area (Å²) in [7, 11) is 0. The molecule has 0 bridgehead atoms.